The van der Waals surface area contributed by atoms with Gasteiger partial charge < -0.3 is 4.74 Å². The lowest BCUT2D eigenvalue weighted by atomic mass is 9.91. The fourth-order valence-electron chi connectivity index (χ4n) is 2.16. The Morgan fingerprint density at radius 2 is 1.78 bits per heavy atom. The molecule has 2 nitrogen and oxygen atoms in total. The lowest BCUT2D eigenvalue weighted by Crippen LogP contribution is -2.16. The van der Waals surface area contributed by atoms with Crippen molar-refractivity contribution in [3.63, 3.8) is 0 Å². The van der Waals surface area contributed by atoms with Gasteiger partial charge in [0, 0.05) is 6.08 Å². The first-order chi connectivity index (χ1) is 8.31. The van der Waals surface area contributed by atoms with Gasteiger partial charge in [-0.05, 0) is 60.3 Å². The van der Waals surface area contributed by atoms with Gasteiger partial charge in [-0.25, -0.2) is 0 Å². The topological polar surface area (TPSA) is 36.3 Å². The molecule has 0 saturated carbocycles. The zero-order chi connectivity index (χ0) is 13.8. The summed E-state index contributed by atoms with van der Waals surface area (Å²) >= 11 is 0. The molecule has 0 N–H and O–H groups in total. The van der Waals surface area contributed by atoms with Crippen molar-refractivity contribution in [3.8, 4) is 6.07 Å². The molecule has 100 valence electrons. The summed E-state index contributed by atoms with van der Waals surface area (Å²) in [6.07, 6.45) is 8.11. The van der Waals surface area contributed by atoms with Crippen molar-refractivity contribution in [2.75, 3.05) is 0 Å². The Morgan fingerprint density at radius 1 is 1.17 bits per heavy atom. The highest BCUT2D eigenvalue weighted by molar-refractivity contribution is 5.13. The highest BCUT2D eigenvalue weighted by Gasteiger charge is 2.59. The maximum absolute atomic E-state index is 8.52. The standard InChI is InChI=1S/C16H25NO/c1-13(7-6-8-14(2)10-12-17)9-11-16(5)15(3,4)18-16/h7,10H,6,8-9,11H2,1-5H3/b13-7+,14-10+. The minimum atomic E-state index is 0.0550. The quantitative estimate of drug-likeness (QED) is 0.393. The number of nitriles is 1. The van der Waals surface area contributed by atoms with Crippen LogP contribution in [0.4, 0.5) is 0 Å². The molecule has 0 amide bonds. The molecule has 0 bridgehead atoms. The van der Waals surface area contributed by atoms with Crippen LogP contribution in [-0.4, -0.2) is 11.2 Å². The van der Waals surface area contributed by atoms with Gasteiger partial charge in [0.05, 0.1) is 17.3 Å². The first-order valence-electron chi connectivity index (χ1n) is 6.72. The second-order valence-electron chi connectivity index (χ2n) is 6.05. The molecule has 1 heterocycles. The second-order valence-corrected chi connectivity index (χ2v) is 6.05. The fraction of sp³-hybridized carbons (Fsp3) is 0.688. The molecule has 1 atom stereocenters. The minimum Gasteiger partial charge on any atom is -0.363 e. The summed E-state index contributed by atoms with van der Waals surface area (Å²) in [7, 11) is 0. The van der Waals surface area contributed by atoms with Crippen molar-refractivity contribution in [1.82, 2.24) is 0 Å². The molecule has 1 aliphatic heterocycles. The number of ether oxygens (including phenoxy) is 1. The number of epoxide rings is 1. The largest absolute Gasteiger partial charge is 0.363 e. The van der Waals surface area contributed by atoms with Crippen molar-refractivity contribution in [2.24, 2.45) is 0 Å². The Labute approximate surface area is 111 Å². The van der Waals surface area contributed by atoms with Crippen molar-refractivity contribution in [1.29, 1.82) is 5.26 Å². The summed E-state index contributed by atoms with van der Waals surface area (Å²) in [6, 6.07) is 2.07. The fourth-order valence-corrected chi connectivity index (χ4v) is 2.16. The normalized spacial score (nSPS) is 26.9. The second kappa shape index (κ2) is 5.71. The predicted molar refractivity (Wildman–Crippen MR) is 75.2 cm³/mol. The van der Waals surface area contributed by atoms with Gasteiger partial charge in [0.1, 0.15) is 0 Å². The van der Waals surface area contributed by atoms with Crippen LogP contribution in [0.2, 0.25) is 0 Å². The molecular formula is C16H25NO. The third-order valence-corrected chi connectivity index (χ3v) is 4.05. The zero-order valence-corrected chi connectivity index (χ0v) is 12.3. The van der Waals surface area contributed by atoms with Gasteiger partial charge in [-0.1, -0.05) is 17.2 Å². The van der Waals surface area contributed by atoms with Gasteiger partial charge in [0.15, 0.2) is 0 Å². The Hall–Kier alpha value is -1.07. The van der Waals surface area contributed by atoms with E-state index in [1.807, 2.05) is 6.92 Å². The smallest absolute Gasteiger partial charge is 0.0949 e. The molecule has 0 aliphatic carbocycles. The van der Waals surface area contributed by atoms with E-state index in [0.717, 1.165) is 31.3 Å². The van der Waals surface area contributed by atoms with Crippen LogP contribution in [0.5, 0.6) is 0 Å². The van der Waals surface area contributed by atoms with Crippen LogP contribution in [0.25, 0.3) is 0 Å². The van der Waals surface area contributed by atoms with Crippen LogP contribution in [0.15, 0.2) is 23.3 Å². The molecule has 1 aliphatic rings. The summed E-state index contributed by atoms with van der Waals surface area (Å²) in [4.78, 5) is 0. The van der Waals surface area contributed by atoms with Gasteiger partial charge in [-0.15, -0.1) is 0 Å². The highest BCUT2D eigenvalue weighted by Crippen LogP contribution is 2.50. The predicted octanol–water partition coefficient (Wildman–Crippen LogP) is 4.53. The Morgan fingerprint density at radius 3 is 2.28 bits per heavy atom. The lowest BCUT2D eigenvalue weighted by molar-refractivity contribution is 0.277. The number of hydrogen-bond acceptors (Lipinski definition) is 2. The summed E-state index contributed by atoms with van der Waals surface area (Å²) in [5.41, 5.74) is 2.70. The molecule has 1 rings (SSSR count). The summed E-state index contributed by atoms with van der Waals surface area (Å²) in [6.45, 7) is 10.7. The molecule has 1 fully saturated rings. The van der Waals surface area contributed by atoms with Gasteiger partial charge in [0.25, 0.3) is 0 Å². The molecule has 0 aromatic rings. The van der Waals surface area contributed by atoms with E-state index < -0.39 is 0 Å². The molecule has 0 aromatic carbocycles. The highest BCUT2D eigenvalue weighted by atomic mass is 16.6. The van der Waals surface area contributed by atoms with Crippen molar-refractivity contribution >= 4 is 0 Å². The molecule has 0 spiro atoms. The molecule has 0 radical (unpaired) electrons. The van der Waals surface area contributed by atoms with Crippen LogP contribution in [-0.2, 0) is 4.74 Å². The van der Waals surface area contributed by atoms with E-state index in [0.29, 0.717) is 0 Å². The molecular weight excluding hydrogens is 222 g/mol. The molecule has 18 heavy (non-hydrogen) atoms. The molecule has 0 aromatic heterocycles. The average molecular weight is 247 g/mol. The van der Waals surface area contributed by atoms with Crippen molar-refractivity contribution in [3.05, 3.63) is 23.3 Å². The molecule has 1 saturated heterocycles. The van der Waals surface area contributed by atoms with E-state index in [4.69, 9.17) is 10.00 Å². The number of nitrogens with zero attached hydrogens (tertiary/aromatic N) is 1. The van der Waals surface area contributed by atoms with E-state index >= 15 is 0 Å². The number of hydrogen-bond donors (Lipinski definition) is 0. The molecule has 1 unspecified atom stereocenters. The third-order valence-electron chi connectivity index (χ3n) is 4.05. The maximum Gasteiger partial charge on any atom is 0.0949 e. The van der Waals surface area contributed by atoms with E-state index in [2.05, 4.69) is 39.8 Å². The van der Waals surface area contributed by atoms with E-state index in [-0.39, 0.29) is 11.2 Å². The van der Waals surface area contributed by atoms with Crippen LogP contribution in [0.1, 0.15) is 60.3 Å². The van der Waals surface area contributed by atoms with E-state index in [1.54, 1.807) is 6.08 Å². The first kappa shape index (κ1) is 15.0. The Balaban J connectivity index is 2.28. The summed E-state index contributed by atoms with van der Waals surface area (Å²) < 4.78 is 5.74. The minimum absolute atomic E-state index is 0.0550. The number of rotatable bonds is 6. The Bertz CT molecular complexity index is 398. The van der Waals surface area contributed by atoms with Crippen LogP contribution in [0.3, 0.4) is 0 Å². The van der Waals surface area contributed by atoms with Gasteiger partial charge in [-0.2, -0.15) is 5.26 Å². The van der Waals surface area contributed by atoms with Crippen LogP contribution >= 0.6 is 0 Å². The van der Waals surface area contributed by atoms with Gasteiger partial charge in [0.2, 0.25) is 0 Å². The molecule has 2 heteroatoms. The first-order valence-corrected chi connectivity index (χ1v) is 6.72. The van der Waals surface area contributed by atoms with Gasteiger partial charge in [-0.3, -0.25) is 0 Å². The van der Waals surface area contributed by atoms with Crippen molar-refractivity contribution in [2.45, 2.75) is 71.5 Å². The van der Waals surface area contributed by atoms with Crippen molar-refractivity contribution < 1.29 is 4.74 Å². The van der Waals surface area contributed by atoms with Crippen LogP contribution in [0, 0.1) is 11.3 Å². The van der Waals surface area contributed by atoms with Crippen LogP contribution < -0.4 is 0 Å². The summed E-state index contributed by atoms with van der Waals surface area (Å²) in [5.74, 6) is 0. The number of allylic oxidation sites excluding steroid dienone is 4. The Kier molecular flexibility index (Phi) is 4.76. The van der Waals surface area contributed by atoms with E-state index in [1.165, 1.54) is 5.57 Å². The monoisotopic (exact) mass is 247 g/mol. The SMILES string of the molecule is C/C(=C\C#N)CC/C=C(\C)CCC1(C)OC1(C)C. The van der Waals surface area contributed by atoms with E-state index in [9.17, 15) is 0 Å². The maximum atomic E-state index is 8.52. The van der Waals surface area contributed by atoms with Gasteiger partial charge >= 0.3 is 0 Å². The lowest BCUT2D eigenvalue weighted by Gasteiger charge is -2.09. The average Bonchev–Trinajstić information content (AvgIpc) is 2.76. The third kappa shape index (κ3) is 3.99. The zero-order valence-electron chi connectivity index (χ0n) is 12.3. The summed E-state index contributed by atoms with van der Waals surface area (Å²) in [5, 5.41) is 8.52.